The molecular weight excluding hydrogens is 416 g/mol. The molecule has 0 aliphatic rings. The monoisotopic (exact) mass is 436 g/mol. The Morgan fingerprint density at radius 1 is 1.04 bits per heavy atom. The normalized spacial score (nSPS) is 10.8. The highest BCUT2D eigenvalue weighted by Crippen LogP contribution is 2.23. The predicted octanol–water partition coefficient (Wildman–Crippen LogP) is 5.83. The summed E-state index contributed by atoms with van der Waals surface area (Å²) in [6.45, 7) is 4.05. The van der Waals surface area contributed by atoms with E-state index in [0.29, 0.717) is 5.75 Å². The van der Waals surface area contributed by atoms with Gasteiger partial charge in [0.25, 0.3) is 5.91 Å². The van der Waals surface area contributed by atoms with E-state index in [4.69, 9.17) is 4.74 Å². The minimum atomic E-state index is -0.217. The molecule has 0 unspecified atom stereocenters. The average molecular weight is 437 g/mol. The molecule has 0 bridgehead atoms. The van der Waals surface area contributed by atoms with Gasteiger partial charge in [-0.15, -0.1) is 0 Å². The number of hydrogen-bond acceptors (Lipinski definition) is 3. The van der Waals surface area contributed by atoms with Gasteiger partial charge in [0.15, 0.2) is 6.61 Å². The molecule has 28 heavy (non-hydrogen) atoms. The van der Waals surface area contributed by atoms with Crippen molar-refractivity contribution in [3.8, 4) is 5.75 Å². The number of amides is 1. The number of anilines is 1. The molecule has 0 saturated heterocycles. The number of carbonyl (C=O) groups excluding carboxylic acids is 1. The molecule has 0 spiro atoms. The predicted molar refractivity (Wildman–Crippen MR) is 118 cm³/mol. The number of para-hydroxylation sites is 1. The van der Waals surface area contributed by atoms with Crippen LogP contribution in [0.25, 0.3) is 0 Å². The number of rotatable bonds is 6. The lowest BCUT2D eigenvalue weighted by Crippen LogP contribution is -2.20. The zero-order chi connectivity index (χ0) is 19.9. The van der Waals surface area contributed by atoms with Gasteiger partial charge in [-0.3, -0.25) is 9.79 Å². The molecule has 0 heterocycles. The molecule has 3 aromatic rings. The fourth-order valence-electron chi connectivity index (χ4n) is 2.56. The second-order valence-corrected chi connectivity index (χ2v) is 7.33. The maximum Gasteiger partial charge on any atom is 0.262 e. The molecule has 0 aromatic heterocycles. The quantitative estimate of drug-likeness (QED) is 0.493. The Morgan fingerprint density at radius 3 is 2.57 bits per heavy atom. The molecule has 0 fully saturated rings. The van der Waals surface area contributed by atoms with Crippen LogP contribution in [0.15, 0.2) is 76.2 Å². The number of benzene rings is 3. The van der Waals surface area contributed by atoms with Gasteiger partial charge in [0.2, 0.25) is 0 Å². The summed E-state index contributed by atoms with van der Waals surface area (Å²) in [6, 6.07) is 21.0. The summed E-state index contributed by atoms with van der Waals surface area (Å²) in [5, 5.41) is 2.81. The van der Waals surface area contributed by atoms with Crippen LogP contribution in [0.2, 0.25) is 0 Å². The second kappa shape index (κ2) is 9.33. The molecule has 0 aliphatic carbocycles. The van der Waals surface area contributed by atoms with Crippen LogP contribution in [0.1, 0.15) is 16.7 Å². The van der Waals surface area contributed by atoms with Gasteiger partial charge in [0.05, 0.1) is 5.69 Å². The molecule has 5 heteroatoms. The number of halogens is 1. The van der Waals surface area contributed by atoms with Crippen molar-refractivity contribution >= 4 is 39.4 Å². The van der Waals surface area contributed by atoms with Crippen molar-refractivity contribution < 1.29 is 9.53 Å². The molecule has 0 atom stereocenters. The van der Waals surface area contributed by atoms with Crippen molar-refractivity contribution in [1.82, 2.24) is 0 Å². The summed E-state index contributed by atoms with van der Waals surface area (Å²) in [4.78, 5) is 16.7. The lowest BCUT2D eigenvalue weighted by Gasteiger charge is -2.10. The molecule has 0 aliphatic heterocycles. The van der Waals surface area contributed by atoms with Gasteiger partial charge in [0.1, 0.15) is 5.75 Å². The second-order valence-electron chi connectivity index (χ2n) is 6.41. The van der Waals surface area contributed by atoms with Gasteiger partial charge in [-0.25, -0.2) is 0 Å². The van der Waals surface area contributed by atoms with E-state index in [2.05, 4.69) is 40.1 Å². The highest BCUT2D eigenvalue weighted by molar-refractivity contribution is 9.10. The molecule has 142 valence electrons. The van der Waals surface area contributed by atoms with Crippen molar-refractivity contribution in [2.45, 2.75) is 13.8 Å². The Labute approximate surface area is 173 Å². The fraction of sp³-hybridized carbons (Fsp3) is 0.130. The van der Waals surface area contributed by atoms with Crippen LogP contribution < -0.4 is 10.1 Å². The van der Waals surface area contributed by atoms with E-state index in [0.717, 1.165) is 21.4 Å². The first-order valence-electron chi connectivity index (χ1n) is 8.90. The summed E-state index contributed by atoms with van der Waals surface area (Å²) >= 11 is 3.47. The lowest BCUT2D eigenvalue weighted by atomic mass is 10.1. The summed E-state index contributed by atoms with van der Waals surface area (Å²) < 4.78 is 6.65. The third-order valence-corrected chi connectivity index (χ3v) is 4.72. The van der Waals surface area contributed by atoms with E-state index < -0.39 is 0 Å². The van der Waals surface area contributed by atoms with Gasteiger partial charge in [0, 0.05) is 21.9 Å². The van der Waals surface area contributed by atoms with Crippen molar-refractivity contribution in [3.05, 3.63) is 87.9 Å². The first-order chi connectivity index (χ1) is 13.5. The number of hydrogen-bond donors (Lipinski definition) is 1. The third kappa shape index (κ3) is 5.54. The Hall–Kier alpha value is -2.92. The molecule has 4 nitrogen and oxygen atoms in total. The largest absolute Gasteiger partial charge is 0.483 e. The Kier molecular flexibility index (Phi) is 6.61. The first-order valence-corrected chi connectivity index (χ1v) is 9.69. The van der Waals surface area contributed by atoms with E-state index in [9.17, 15) is 4.79 Å². The highest BCUT2D eigenvalue weighted by atomic mass is 79.9. The molecule has 3 rings (SSSR count). The maximum atomic E-state index is 12.1. The number of aliphatic imine (C=N–C) groups is 1. The average Bonchev–Trinajstić information content (AvgIpc) is 2.69. The van der Waals surface area contributed by atoms with Crippen molar-refractivity contribution in [2.75, 3.05) is 11.9 Å². The summed E-state index contributed by atoms with van der Waals surface area (Å²) in [6.07, 6.45) is 1.75. The zero-order valence-electron chi connectivity index (χ0n) is 15.8. The molecule has 0 radical (unpaired) electrons. The number of nitrogens with zero attached hydrogens (tertiary/aromatic N) is 1. The van der Waals surface area contributed by atoms with E-state index in [1.165, 1.54) is 11.1 Å². The van der Waals surface area contributed by atoms with E-state index in [-0.39, 0.29) is 12.5 Å². The highest BCUT2D eigenvalue weighted by Gasteiger charge is 2.07. The Morgan fingerprint density at radius 2 is 1.82 bits per heavy atom. The van der Waals surface area contributed by atoms with Crippen molar-refractivity contribution in [3.63, 3.8) is 0 Å². The minimum absolute atomic E-state index is 0.0823. The topological polar surface area (TPSA) is 50.7 Å². The van der Waals surface area contributed by atoms with Crippen LogP contribution in [0.4, 0.5) is 11.4 Å². The molecule has 3 aromatic carbocycles. The summed E-state index contributed by atoms with van der Waals surface area (Å²) in [5.41, 5.74) is 4.83. The molecule has 1 N–H and O–H groups in total. The number of nitrogens with one attached hydrogen (secondary N) is 1. The number of carbonyl (C=O) groups is 1. The van der Waals surface area contributed by atoms with Gasteiger partial charge in [-0.05, 0) is 67.4 Å². The Bertz CT molecular complexity index is 1000. The van der Waals surface area contributed by atoms with Crippen LogP contribution in [-0.2, 0) is 4.79 Å². The number of aryl methyl sites for hydroxylation is 2. The Balaban J connectivity index is 1.70. The summed E-state index contributed by atoms with van der Waals surface area (Å²) in [7, 11) is 0. The van der Waals surface area contributed by atoms with Gasteiger partial charge in [-0.1, -0.05) is 40.2 Å². The standard InChI is InChI=1S/C23H21BrN2O2/c1-16-8-10-21(12-17(16)2)25-14-18-13-19(24)9-11-22(18)28-15-23(27)26-20-6-4-3-5-7-20/h3-14H,15H2,1-2H3,(H,26,27). The SMILES string of the molecule is Cc1ccc(N=Cc2cc(Br)ccc2OCC(=O)Nc2ccccc2)cc1C. The van der Waals surface area contributed by atoms with E-state index in [1.807, 2.05) is 66.7 Å². The smallest absolute Gasteiger partial charge is 0.262 e. The third-order valence-electron chi connectivity index (χ3n) is 4.23. The fourth-order valence-corrected chi connectivity index (χ4v) is 2.94. The van der Waals surface area contributed by atoms with Gasteiger partial charge >= 0.3 is 0 Å². The minimum Gasteiger partial charge on any atom is -0.483 e. The molecule has 0 saturated carbocycles. The van der Waals surface area contributed by atoms with Crippen LogP contribution in [0.3, 0.4) is 0 Å². The van der Waals surface area contributed by atoms with Gasteiger partial charge < -0.3 is 10.1 Å². The van der Waals surface area contributed by atoms with Crippen LogP contribution >= 0.6 is 15.9 Å². The van der Waals surface area contributed by atoms with Crippen molar-refractivity contribution in [1.29, 1.82) is 0 Å². The zero-order valence-corrected chi connectivity index (χ0v) is 17.4. The van der Waals surface area contributed by atoms with Crippen molar-refractivity contribution in [2.24, 2.45) is 4.99 Å². The summed E-state index contributed by atoms with van der Waals surface area (Å²) in [5.74, 6) is 0.380. The van der Waals surface area contributed by atoms with Crippen LogP contribution in [0, 0.1) is 13.8 Å². The number of ether oxygens (including phenoxy) is 1. The van der Waals surface area contributed by atoms with Gasteiger partial charge in [-0.2, -0.15) is 0 Å². The molecule has 1 amide bonds. The maximum absolute atomic E-state index is 12.1. The first kappa shape index (κ1) is 19.8. The lowest BCUT2D eigenvalue weighted by molar-refractivity contribution is -0.118. The van der Waals surface area contributed by atoms with E-state index >= 15 is 0 Å². The van der Waals surface area contributed by atoms with E-state index in [1.54, 1.807) is 6.21 Å². The van der Waals surface area contributed by atoms with Crippen LogP contribution in [0.5, 0.6) is 5.75 Å². The van der Waals surface area contributed by atoms with Crippen LogP contribution in [-0.4, -0.2) is 18.7 Å². The molecular formula is C23H21BrN2O2.